The molecule has 0 bridgehead atoms. The molecule has 106 valence electrons. The van der Waals surface area contributed by atoms with Gasteiger partial charge in [-0.25, -0.2) is 0 Å². The van der Waals surface area contributed by atoms with Crippen molar-refractivity contribution < 1.29 is 4.74 Å². The average Bonchev–Trinajstić information content (AvgIpc) is 2.51. The molecule has 1 aromatic heterocycles. The van der Waals surface area contributed by atoms with Gasteiger partial charge in [0.25, 0.3) is 5.56 Å². The number of methoxy groups -OCH3 is 1. The number of pyridine rings is 1. The van der Waals surface area contributed by atoms with Crippen LogP contribution < -0.4 is 15.6 Å². The van der Waals surface area contributed by atoms with Crippen molar-refractivity contribution in [3.05, 3.63) is 64.2 Å². The molecule has 0 spiro atoms. The number of benzene rings is 1. The summed E-state index contributed by atoms with van der Waals surface area (Å²) in [5.74, 6) is 0.780. The minimum Gasteiger partial charge on any atom is -0.497 e. The van der Waals surface area contributed by atoms with Gasteiger partial charge in [0.2, 0.25) is 0 Å². The van der Waals surface area contributed by atoms with Crippen molar-refractivity contribution in [1.82, 2.24) is 4.57 Å². The third kappa shape index (κ3) is 3.31. The van der Waals surface area contributed by atoms with Crippen LogP contribution in [0.15, 0.2) is 47.5 Å². The highest BCUT2D eigenvalue weighted by Gasteiger charge is 2.05. The first-order valence-corrected chi connectivity index (χ1v) is 6.32. The van der Waals surface area contributed by atoms with Crippen LogP contribution in [0.1, 0.15) is 11.1 Å². The van der Waals surface area contributed by atoms with E-state index in [0.29, 0.717) is 5.56 Å². The average molecular weight is 281 g/mol. The second-order valence-electron chi connectivity index (χ2n) is 4.38. The molecule has 5 nitrogen and oxygen atoms in total. The van der Waals surface area contributed by atoms with Crippen LogP contribution >= 0.6 is 0 Å². The zero-order chi connectivity index (χ0) is 15.2. The van der Waals surface area contributed by atoms with Crippen LogP contribution in [0.2, 0.25) is 0 Å². The van der Waals surface area contributed by atoms with E-state index in [9.17, 15) is 4.79 Å². The highest BCUT2D eigenvalue weighted by molar-refractivity contribution is 5.60. The predicted molar refractivity (Wildman–Crippen MR) is 82.0 cm³/mol. The molecule has 0 atom stereocenters. The summed E-state index contributed by atoms with van der Waals surface area (Å²) >= 11 is 0. The lowest BCUT2D eigenvalue weighted by Crippen LogP contribution is -2.19. The second-order valence-corrected chi connectivity index (χ2v) is 4.38. The monoisotopic (exact) mass is 281 g/mol. The van der Waals surface area contributed by atoms with Crippen molar-refractivity contribution >= 4 is 11.8 Å². The topological polar surface area (TPSA) is 67.0 Å². The van der Waals surface area contributed by atoms with E-state index < -0.39 is 0 Å². The SMILES string of the molecule is COc1ccc(N/C=C/c2ccn(C)c(=O)c2C#N)cc1. The van der Waals surface area contributed by atoms with Crippen molar-refractivity contribution in [2.24, 2.45) is 7.05 Å². The molecule has 0 saturated carbocycles. The molecular weight excluding hydrogens is 266 g/mol. The third-order valence-corrected chi connectivity index (χ3v) is 3.02. The number of ether oxygens (including phenoxy) is 1. The lowest BCUT2D eigenvalue weighted by Gasteiger charge is -2.04. The van der Waals surface area contributed by atoms with E-state index in [1.807, 2.05) is 30.3 Å². The van der Waals surface area contributed by atoms with Gasteiger partial charge in [-0.1, -0.05) is 0 Å². The molecule has 1 aromatic carbocycles. The molecule has 0 fully saturated rings. The Morgan fingerprint density at radius 3 is 2.62 bits per heavy atom. The lowest BCUT2D eigenvalue weighted by atomic mass is 10.1. The lowest BCUT2D eigenvalue weighted by molar-refractivity contribution is 0.415. The third-order valence-electron chi connectivity index (χ3n) is 3.02. The second kappa shape index (κ2) is 6.44. The Hall–Kier alpha value is -3.00. The van der Waals surface area contributed by atoms with Gasteiger partial charge in [0, 0.05) is 30.7 Å². The largest absolute Gasteiger partial charge is 0.497 e. The van der Waals surface area contributed by atoms with Gasteiger partial charge in [-0.05, 0) is 36.4 Å². The van der Waals surface area contributed by atoms with E-state index in [-0.39, 0.29) is 11.1 Å². The van der Waals surface area contributed by atoms with Crippen LogP contribution in [0, 0.1) is 11.3 Å². The molecule has 2 rings (SSSR count). The Balaban J connectivity index is 2.16. The molecule has 5 heteroatoms. The normalized spacial score (nSPS) is 10.3. The van der Waals surface area contributed by atoms with Gasteiger partial charge in [-0.3, -0.25) is 4.79 Å². The number of nitrogens with zero attached hydrogens (tertiary/aromatic N) is 2. The molecule has 0 aliphatic rings. The van der Waals surface area contributed by atoms with Gasteiger partial charge in [0.05, 0.1) is 7.11 Å². The fraction of sp³-hybridized carbons (Fsp3) is 0.125. The highest BCUT2D eigenvalue weighted by atomic mass is 16.5. The number of aromatic nitrogens is 1. The van der Waals surface area contributed by atoms with Gasteiger partial charge in [-0.2, -0.15) is 5.26 Å². The summed E-state index contributed by atoms with van der Waals surface area (Å²) in [5, 5.41) is 12.1. The van der Waals surface area contributed by atoms with Crippen LogP contribution in [0.5, 0.6) is 5.75 Å². The molecule has 0 amide bonds. The standard InChI is InChI=1S/C16H15N3O2/c1-19-10-8-12(15(11-17)16(19)20)7-9-18-13-3-5-14(21-2)6-4-13/h3-10,18H,1-2H3/b9-7+. The number of nitriles is 1. The van der Waals surface area contributed by atoms with Crippen molar-refractivity contribution in [3.8, 4) is 11.8 Å². The van der Waals surface area contributed by atoms with E-state index in [4.69, 9.17) is 10.00 Å². The fourth-order valence-corrected chi connectivity index (χ4v) is 1.81. The maximum Gasteiger partial charge on any atom is 0.268 e. The van der Waals surface area contributed by atoms with Crippen LogP contribution in [0.4, 0.5) is 5.69 Å². The fourth-order valence-electron chi connectivity index (χ4n) is 1.81. The quantitative estimate of drug-likeness (QED) is 0.934. The zero-order valence-electron chi connectivity index (χ0n) is 11.8. The van der Waals surface area contributed by atoms with Gasteiger partial charge in [0.15, 0.2) is 0 Å². The van der Waals surface area contributed by atoms with Crippen LogP contribution in [0.3, 0.4) is 0 Å². The summed E-state index contributed by atoms with van der Waals surface area (Å²) in [6.07, 6.45) is 5.03. The van der Waals surface area contributed by atoms with Gasteiger partial charge < -0.3 is 14.6 Å². The van der Waals surface area contributed by atoms with E-state index in [1.165, 1.54) is 4.57 Å². The van der Waals surface area contributed by atoms with Crippen molar-refractivity contribution in [1.29, 1.82) is 5.26 Å². The number of rotatable bonds is 4. The number of aryl methyl sites for hydroxylation is 1. The van der Waals surface area contributed by atoms with E-state index in [1.54, 1.807) is 38.7 Å². The first-order valence-electron chi connectivity index (χ1n) is 6.32. The van der Waals surface area contributed by atoms with Gasteiger partial charge >= 0.3 is 0 Å². The Kier molecular flexibility index (Phi) is 4.42. The molecule has 2 aromatic rings. The summed E-state index contributed by atoms with van der Waals surface area (Å²) in [4.78, 5) is 11.8. The first-order chi connectivity index (χ1) is 10.2. The Morgan fingerprint density at radius 2 is 2.00 bits per heavy atom. The van der Waals surface area contributed by atoms with Crippen LogP contribution in [-0.4, -0.2) is 11.7 Å². The van der Waals surface area contributed by atoms with Crippen LogP contribution in [-0.2, 0) is 7.05 Å². The number of hydrogen-bond donors (Lipinski definition) is 1. The minimum absolute atomic E-state index is 0.132. The molecule has 0 saturated heterocycles. The predicted octanol–water partition coefficient (Wildman–Crippen LogP) is 2.35. The van der Waals surface area contributed by atoms with Crippen molar-refractivity contribution in [2.45, 2.75) is 0 Å². The molecule has 1 N–H and O–H groups in total. The van der Waals surface area contributed by atoms with Gasteiger partial charge in [-0.15, -0.1) is 0 Å². The molecule has 0 aliphatic carbocycles. The summed E-state index contributed by atoms with van der Waals surface area (Å²) in [5.41, 5.74) is 1.30. The summed E-state index contributed by atoms with van der Waals surface area (Å²) in [6.45, 7) is 0. The molecule has 0 unspecified atom stereocenters. The number of hydrogen-bond acceptors (Lipinski definition) is 4. The van der Waals surface area contributed by atoms with E-state index in [2.05, 4.69) is 5.32 Å². The van der Waals surface area contributed by atoms with Crippen molar-refractivity contribution in [2.75, 3.05) is 12.4 Å². The van der Waals surface area contributed by atoms with E-state index in [0.717, 1.165) is 11.4 Å². The Labute approximate surface area is 122 Å². The summed E-state index contributed by atoms with van der Waals surface area (Å²) in [7, 11) is 3.23. The first kappa shape index (κ1) is 14.4. The van der Waals surface area contributed by atoms with E-state index >= 15 is 0 Å². The molecule has 0 aliphatic heterocycles. The summed E-state index contributed by atoms with van der Waals surface area (Å²) < 4.78 is 6.46. The maximum atomic E-state index is 11.8. The number of anilines is 1. The smallest absolute Gasteiger partial charge is 0.268 e. The highest BCUT2D eigenvalue weighted by Crippen LogP contribution is 2.15. The maximum absolute atomic E-state index is 11.8. The molecule has 0 radical (unpaired) electrons. The Morgan fingerprint density at radius 1 is 1.29 bits per heavy atom. The molecule has 1 heterocycles. The van der Waals surface area contributed by atoms with Crippen LogP contribution in [0.25, 0.3) is 6.08 Å². The summed E-state index contributed by atoms with van der Waals surface area (Å²) in [6, 6.07) is 11.1. The number of nitrogens with one attached hydrogen (secondary N) is 1. The minimum atomic E-state index is -0.302. The zero-order valence-corrected chi connectivity index (χ0v) is 11.8. The Bertz CT molecular complexity index is 753. The van der Waals surface area contributed by atoms with Crippen molar-refractivity contribution in [3.63, 3.8) is 0 Å². The van der Waals surface area contributed by atoms with Gasteiger partial charge in [0.1, 0.15) is 17.4 Å². The molecule has 21 heavy (non-hydrogen) atoms. The molecular formula is C16H15N3O2.